The average molecular weight is 465 g/mol. The molecule has 7 heteroatoms. The zero-order chi connectivity index (χ0) is 23.3. The van der Waals surface area contributed by atoms with E-state index in [1.165, 1.54) is 36.5 Å². The Morgan fingerprint density at radius 2 is 1.82 bits per heavy atom. The van der Waals surface area contributed by atoms with Crippen LogP contribution in [0.15, 0.2) is 40.9 Å². The predicted octanol–water partition coefficient (Wildman–Crippen LogP) is 4.91. The molecule has 2 heterocycles. The number of anilines is 1. The quantitative estimate of drug-likeness (QED) is 0.442. The van der Waals surface area contributed by atoms with Crippen LogP contribution in [0.4, 0.5) is 10.1 Å². The summed E-state index contributed by atoms with van der Waals surface area (Å²) in [5.74, 6) is 1.65. The molecule has 180 valence electrons. The topological polar surface area (TPSA) is 54.6 Å². The van der Waals surface area contributed by atoms with E-state index in [2.05, 4.69) is 45.1 Å². The Morgan fingerprint density at radius 1 is 1.00 bits per heavy atom. The van der Waals surface area contributed by atoms with E-state index in [1.807, 2.05) is 12.1 Å². The van der Waals surface area contributed by atoms with Crippen molar-refractivity contribution in [1.29, 1.82) is 0 Å². The van der Waals surface area contributed by atoms with Crippen molar-refractivity contribution in [3.05, 3.63) is 59.2 Å². The van der Waals surface area contributed by atoms with Gasteiger partial charge in [0, 0.05) is 38.2 Å². The third-order valence-electron chi connectivity index (χ3n) is 6.96. The van der Waals surface area contributed by atoms with Crippen molar-refractivity contribution in [1.82, 2.24) is 15.0 Å². The summed E-state index contributed by atoms with van der Waals surface area (Å²) in [4.78, 5) is 8.95. The van der Waals surface area contributed by atoms with Crippen LogP contribution in [0, 0.1) is 5.82 Å². The minimum Gasteiger partial charge on any atom is -0.494 e. The predicted molar refractivity (Wildman–Crippen MR) is 131 cm³/mol. The van der Waals surface area contributed by atoms with Gasteiger partial charge in [-0.3, -0.25) is 0 Å². The van der Waals surface area contributed by atoms with Gasteiger partial charge in [0.25, 0.3) is 0 Å². The van der Waals surface area contributed by atoms with Gasteiger partial charge in [-0.2, -0.15) is 4.98 Å². The molecular weight excluding hydrogens is 431 g/mol. The number of halogens is 1. The van der Waals surface area contributed by atoms with Gasteiger partial charge in [-0.25, -0.2) is 4.39 Å². The average Bonchev–Trinajstić information content (AvgIpc) is 3.36. The summed E-state index contributed by atoms with van der Waals surface area (Å²) < 4.78 is 26.2. The lowest BCUT2D eigenvalue weighted by atomic mass is 9.92. The van der Waals surface area contributed by atoms with Gasteiger partial charge in [0.05, 0.1) is 12.3 Å². The maximum absolute atomic E-state index is 14.9. The number of hydrogen-bond acceptors (Lipinski definition) is 6. The highest BCUT2D eigenvalue weighted by Crippen LogP contribution is 2.27. The second kappa shape index (κ2) is 10.6. The number of piperazine rings is 1. The molecule has 1 saturated heterocycles. The van der Waals surface area contributed by atoms with Crippen molar-refractivity contribution >= 4 is 5.69 Å². The standard InChI is InChI=1S/C27H33FN4O2/c1-2-31-13-15-32(16-14-31)25-12-10-22(19-24(25)28)27-29-26(34-30-27)8-5-17-33-23-11-9-20-6-3-4-7-21(20)18-23/h9-12,18-19H,2-8,13-17H2,1H3. The number of nitrogens with zero attached hydrogens (tertiary/aromatic N) is 4. The Kier molecular flexibility index (Phi) is 7.09. The Morgan fingerprint density at radius 3 is 2.62 bits per heavy atom. The summed E-state index contributed by atoms with van der Waals surface area (Å²) in [6.07, 6.45) is 6.27. The molecule has 0 amide bonds. The van der Waals surface area contributed by atoms with Crippen molar-refractivity contribution in [3.8, 4) is 17.1 Å². The summed E-state index contributed by atoms with van der Waals surface area (Å²) in [5.41, 5.74) is 4.16. The summed E-state index contributed by atoms with van der Waals surface area (Å²) >= 11 is 0. The number of hydrogen-bond donors (Lipinski definition) is 0. The van der Waals surface area contributed by atoms with Gasteiger partial charge in [-0.1, -0.05) is 18.1 Å². The summed E-state index contributed by atoms with van der Waals surface area (Å²) in [7, 11) is 0. The molecule has 0 radical (unpaired) electrons. The van der Waals surface area contributed by atoms with Gasteiger partial charge < -0.3 is 19.1 Å². The lowest BCUT2D eigenvalue weighted by Gasteiger charge is -2.35. The molecule has 0 unspecified atom stereocenters. The maximum atomic E-state index is 14.9. The zero-order valence-electron chi connectivity index (χ0n) is 19.9. The molecule has 34 heavy (non-hydrogen) atoms. The van der Waals surface area contributed by atoms with Crippen molar-refractivity contribution < 1.29 is 13.7 Å². The highest BCUT2D eigenvalue weighted by molar-refractivity contribution is 5.61. The van der Waals surface area contributed by atoms with Crippen LogP contribution in [0.3, 0.4) is 0 Å². The van der Waals surface area contributed by atoms with E-state index in [4.69, 9.17) is 9.26 Å². The fraction of sp³-hybridized carbons (Fsp3) is 0.481. The van der Waals surface area contributed by atoms with Crippen LogP contribution in [-0.4, -0.2) is 54.4 Å². The number of aromatic nitrogens is 2. The third kappa shape index (κ3) is 5.25. The monoisotopic (exact) mass is 464 g/mol. The highest BCUT2D eigenvalue weighted by atomic mass is 19.1. The fourth-order valence-electron chi connectivity index (χ4n) is 4.89. The highest BCUT2D eigenvalue weighted by Gasteiger charge is 2.20. The van der Waals surface area contributed by atoms with Gasteiger partial charge in [0.1, 0.15) is 11.6 Å². The summed E-state index contributed by atoms with van der Waals surface area (Å²) in [6.45, 7) is 7.38. The Labute approximate surface area is 200 Å². The Bertz CT molecular complexity index is 1110. The van der Waals surface area contributed by atoms with E-state index in [9.17, 15) is 4.39 Å². The minimum atomic E-state index is -0.243. The smallest absolute Gasteiger partial charge is 0.227 e. The lowest BCUT2D eigenvalue weighted by Crippen LogP contribution is -2.46. The molecular formula is C27H33FN4O2. The van der Waals surface area contributed by atoms with Gasteiger partial charge >= 0.3 is 0 Å². The SMILES string of the molecule is CCN1CCN(c2ccc(-c3noc(CCCOc4ccc5c(c4)CCCC5)n3)cc2F)CC1. The first-order valence-electron chi connectivity index (χ1n) is 12.5. The maximum Gasteiger partial charge on any atom is 0.227 e. The van der Waals surface area contributed by atoms with E-state index in [-0.39, 0.29) is 5.82 Å². The molecule has 0 bridgehead atoms. The first kappa shape index (κ1) is 22.8. The number of aryl methyl sites for hydroxylation is 3. The Hall–Kier alpha value is -2.93. The molecule has 1 aliphatic carbocycles. The Balaban J connectivity index is 1.13. The molecule has 1 aromatic heterocycles. The molecule has 5 rings (SSSR count). The lowest BCUT2D eigenvalue weighted by molar-refractivity contribution is 0.270. The van der Waals surface area contributed by atoms with Crippen LogP contribution >= 0.6 is 0 Å². The second-order valence-electron chi connectivity index (χ2n) is 9.19. The third-order valence-corrected chi connectivity index (χ3v) is 6.96. The molecule has 0 N–H and O–H groups in total. The first-order chi connectivity index (χ1) is 16.7. The second-order valence-corrected chi connectivity index (χ2v) is 9.19. The molecule has 6 nitrogen and oxygen atoms in total. The van der Waals surface area contributed by atoms with Crippen LogP contribution in [0.25, 0.3) is 11.4 Å². The van der Waals surface area contributed by atoms with Crippen LogP contribution in [0.1, 0.15) is 43.2 Å². The van der Waals surface area contributed by atoms with Gasteiger partial charge in [0.2, 0.25) is 11.7 Å². The van der Waals surface area contributed by atoms with Crippen molar-refractivity contribution in [2.45, 2.75) is 45.4 Å². The number of rotatable bonds is 8. The molecule has 3 aromatic rings. The molecule has 2 aliphatic rings. The van der Waals surface area contributed by atoms with E-state index < -0.39 is 0 Å². The van der Waals surface area contributed by atoms with E-state index in [0.717, 1.165) is 51.3 Å². The molecule has 1 aliphatic heterocycles. The van der Waals surface area contributed by atoms with Gasteiger partial charge in [0.15, 0.2) is 0 Å². The molecule has 0 atom stereocenters. The van der Waals surface area contributed by atoms with Crippen molar-refractivity contribution in [2.24, 2.45) is 0 Å². The molecule has 1 fully saturated rings. The van der Waals surface area contributed by atoms with Gasteiger partial charge in [-0.15, -0.1) is 0 Å². The largest absolute Gasteiger partial charge is 0.494 e. The van der Waals surface area contributed by atoms with Crippen molar-refractivity contribution in [2.75, 3.05) is 44.2 Å². The van der Waals surface area contributed by atoms with Gasteiger partial charge in [-0.05, 0) is 80.1 Å². The summed E-state index contributed by atoms with van der Waals surface area (Å²) in [5, 5.41) is 4.06. The van der Waals surface area contributed by atoms with E-state index in [0.29, 0.717) is 36.0 Å². The van der Waals surface area contributed by atoms with Crippen LogP contribution in [0.2, 0.25) is 0 Å². The number of benzene rings is 2. The minimum absolute atomic E-state index is 0.243. The van der Waals surface area contributed by atoms with Crippen molar-refractivity contribution in [3.63, 3.8) is 0 Å². The van der Waals surface area contributed by atoms with Crippen LogP contribution in [-0.2, 0) is 19.3 Å². The van der Waals surface area contributed by atoms with E-state index in [1.54, 1.807) is 0 Å². The van der Waals surface area contributed by atoms with Crippen LogP contribution in [0.5, 0.6) is 5.75 Å². The fourth-order valence-corrected chi connectivity index (χ4v) is 4.89. The van der Waals surface area contributed by atoms with E-state index >= 15 is 0 Å². The number of fused-ring (bicyclic) bond motifs is 1. The first-order valence-corrected chi connectivity index (χ1v) is 12.5. The molecule has 0 saturated carbocycles. The number of likely N-dealkylation sites (N-methyl/N-ethyl adjacent to an activating group) is 1. The molecule has 2 aromatic carbocycles. The summed E-state index contributed by atoms with van der Waals surface area (Å²) in [6, 6.07) is 11.7. The zero-order valence-corrected chi connectivity index (χ0v) is 19.9. The molecule has 0 spiro atoms. The van der Waals surface area contributed by atoms with Crippen LogP contribution < -0.4 is 9.64 Å². The normalized spacial score (nSPS) is 16.5. The number of ether oxygens (including phenoxy) is 1.